The number of piperidine rings is 1. The first-order chi connectivity index (χ1) is 4.88. The summed E-state index contributed by atoms with van der Waals surface area (Å²) in [6, 6.07) is 0. The highest BCUT2D eigenvalue weighted by molar-refractivity contribution is 5.10. The molecule has 0 aromatic carbocycles. The van der Waals surface area contributed by atoms with E-state index in [0.29, 0.717) is 12.5 Å². The van der Waals surface area contributed by atoms with Crippen molar-refractivity contribution in [3.05, 3.63) is 11.6 Å². The monoisotopic (exact) mass is 141 g/mol. The van der Waals surface area contributed by atoms with E-state index >= 15 is 0 Å². The Kier molecular flexibility index (Phi) is 2.90. The van der Waals surface area contributed by atoms with E-state index in [1.54, 1.807) is 0 Å². The fourth-order valence-electron chi connectivity index (χ4n) is 1.39. The van der Waals surface area contributed by atoms with Gasteiger partial charge >= 0.3 is 0 Å². The standard InChI is InChI=1S/C8H15NO/c1-2-7-5-9-4-3-8(7)6-10/h2,8-10H,3-6H2,1H3/b7-2-. The van der Waals surface area contributed by atoms with Gasteiger partial charge in [0.15, 0.2) is 0 Å². The zero-order valence-electron chi connectivity index (χ0n) is 6.43. The normalized spacial score (nSPS) is 31.0. The number of hydrogen-bond donors (Lipinski definition) is 2. The van der Waals surface area contributed by atoms with Crippen molar-refractivity contribution in [3.63, 3.8) is 0 Å². The minimum atomic E-state index is 0.307. The van der Waals surface area contributed by atoms with Crippen molar-refractivity contribution in [2.24, 2.45) is 5.92 Å². The van der Waals surface area contributed by atoms with Crippen molar-refractivity contribution >= 4 is 0 Å². The third-order valence-electron chi connectivity index (χ3n) is 2.11. The number of aliphatic hydroxyl groups excluding tert-OH is 1. The van der Waals surface area contributed by atoms with Crippen LogP contribution < -0.4 is 5.32 Å². The molecule has 1 unspecified atom stereocenters. The van der Waals surface area contributed by atoms with Crippen LogP contribution in [0.5, 0.6) is 0 Å². The predicted molar refractivity (Wildman–Crippen MR) is 41.8 cm³/mol. The summed E-state index contributed by atoms with van der Waals surface area (Å²) in [6.07, 6.45) is 3.18. The Bertz CT molecular complexity index is 131. The first kappa shape index (κ1) is 7.76. The van der Waals surface area contributed by atoms with Gasteiger partial charge < -0.3 is 10.4 Å². The Balaban J connectivity index is 2.50. The van der Waals surface area contributed by atoms with Gasteiger partial charge in [-0.1, -0.05) is 11.6 Å². The molecule has 1 heterocycles. The Hall–Kier alpha value is -0.340. The molecule has 1 aliphatic heterocycles. The minimum absolute atomic E-state index is 0.307. The average Bonchev–Trinajstić information content (AvgIpc) is 2.04. The van der Waals surface area contributed by atoms with Crippen molar-refractivity contribution in [1.29, 1.82) is 0 Å². The molecule has 2 heteroatoms. The van der Waals surface area contributed by atoms with Gasteiger partial charge in [-0.2, -0.15) is 0 Å². The van der Waals surface area contributed by atoms with Gasteiger partial charge in [0.05, 0.1) is 0 Å². The highest BCUT2D eigenvalue weighted by Gasteiger charge is 2.15. The van der Waals surface area contributed by atoms with E-state index in [2.05, 4.69) is 11.4 Å². The second-order valence-corrected chi connectivity index (χ2v) is 2.71. The van der Waals surface area contributed by atoms with Gasteiger partial charge in [0, 0.05) is 19.1 Å². The third kappa shape index (κ3) is 1.58. The Morgan fingerprint density at radius 1 is 1.80 bits per heavy atom. The molecule has 58 valence electrons. The van der Waals surface area contributed by atoms with Crippen LogP contribution in [0.2, 0.25) is 0 Å². The van der Waals surface area contributed by atoms with E-state index in [1.807, 2.05) is 6.92 Å². The predicted octanol–water partition coefficient (Wildman–Crippen LogP) is 0.534. The fourth-order valence-corrected chi connectivity index (χ4v) is 1.39. The third-order valence-corrected chi connectivity index (χ3v) is 2.11. The zero-order chi connectivity index (χ0) is 7.40. The van der Waals surface area contributed by atoms with Gasteiger partial charge in [0.25, 0.3) is 0 Å². The first-order valence-corrected chi connectivity index (χ1v) is 3.85. The molecule has 0 bridgehead atoms. The van der Waals surface area contributed by atoms with E-state index in [1.165, 1.54) is 5.57 Å². The summed E-state index contributed by atoms with van der Waals surface area (Å²) in [5, 5.41) is 12.2. The van der Waals surface area contributed by atoms with E-state index in [4.69, 9.17) is 5.11 Å². The Labute approximate surface area is 61.9 Å². The van der Waals surface area contributed by atoms with Crippen LogP contribution in [0.4, 0.5) is 0 Å². The SMILES string of the molecule is C/C=C1/CNCCC1CO. The van der Waals surface area contributed by atoms with Crippen LogP contribution in [0.15, 0.2) is 11.6 Å². The molecule has 0 aliphatic carbocycles. The number of nitrogens with one attached hydrogen (secondary N) is 1. The van der Waals surface area contributed by atoms with Gasteiger partial charge in [-0.3, -0.25) is 0 Å². The lowest BCUT2D eigenvalue weighted by Crippen LogP contribution is -2.31. The van der Waals surface area contributed by atoms with E-state index < -0.39 is 0 Å². The van der Waals surface area contributed by atoms with Gasteiger partial charge in [-0.05, 0) is 19.9 Å². The Morgan fingerprint density at radius 3 is 3.10 bits per heavy atom. The van der Waals surface area contributed by atoms with E-state index in [0.717, 1.165) is 19.5 Å². The molecule has 1 fully saturated rings. The van der Waals surface area contributed by atoms with Crippen molar-refractivity contribution in [3.8, 4) is 0 Å². The summed E-state index contributed by atoms with van der Waals surface area (Å²) in [5.74, 6) is 0.422. The number of allylic oxidation sites excluding steroid dienone is 1. The number of hydrogen-bond acceptors (Lipinski definition) is 2. The van der Waals surface area contributed by atoms with Crippen LogP contribution in [0.3, 0.4) is 0 Å². The summed E-state index contributed by atoms with van der Waals surface area (Å²) in [7, 11) is 0. The number of aliphatic hydroxyl groups is 1. The molecule has 10 heavy (non-hydrogen) atoms. The minimum Gasteiger partial charge on any atom is -0.396 e. The summed E-state index contributed by atoms with van der Waals surface area (Å²) in [6.45, 7) is 4.34. The maximum absolute atomic E-state index is 8.92. The summed E-state index contributed by atoms with van der Waals surface area (Å²) in [4.78, 5) is 0. The van der Waals surface area contributed by atoms with Crippen LogP contribution in [0.1, 0.15) is 13.3 Å². The molecular weight excluding hydrogens is 126 g/mol. The highest BCUT2D eigenvalue weighted by Crippen LogP contribution is 2.16. The molecule has 0 radical (unpaired) electrons. The summed E-state index contributed by atoms with van der Waals surface area (Å²) < 4.78 is 0. The molecule has 0 aromatic heterocycles. The maximum atomic E-state index is 8.92. The lowest BCUT2D eigenvalue weighted by atomic mass is 9.93. The molecule has 2 nitrogen and oxygen atoms in total. The zero-order valence-corrected chi connectivity index (χ0v) is 6.43. The van der Waals surface area contributed by atoms with Gasteiger partial charge in [-0.25, -0.2) is 0 Å². The van der Waals surface area contributed by atoms with Gasteiger partial charge in [0.2, 0.25) is 0 Å². The second kappa shape index (κ2) is 3.74. The van der Waals surface area contributed by atoms with Crippen LogP contribution in [0.25, 0.3) is 0 Å². The van der Waals surface area contributed by atoms with Crippen LogP contribution in [0, 0.1) is 5.92 Å². The molecule has 1 rings (SSSR count). The van der Waals surface area contributed by atoms with Crippen LogP contribution in [-0.4, -0.2) is 24.8 Å². The summed E-state index contributed by atoms with van der Waals surface area (Å²) >= 11 is 0. The quantitative estimate of drug-likeness (QED) is 0.522. The maximum Gasteiger partial charge on any atom is 0.0497 e. The lowest BCUT2D eigenvalue weighted by molar-refractivity contribution is 0.228. The largest absolute Gasteiger partial charge is 0.396 e. The first-order valence-electron chi connectivity index (χ1n) is 3.85. The van der Waals surface area contributed by atoms with E-state index in [9.17, 15) is 0 Å². The van der Waals surface area contributed by atoms with Crippen LogP contribution >= 0.6 is 0 Å². The van der Waals surface area contributed by atoms with Gasteiger partial charge in [-0.15, -0.1) is 0 Å². The smallest absolute Gasteiger partial charge is 0.0497 e. The fraction of sp³-hybridized carbons (Fsp3) is 0.750. The summed E-state index contributed by atoms with van der Waals surface area (Å²) in [5.41, 5.74) is 1.36. The van der Waals surface area contributed by atoms with Crippen molar-refractivity contribution in [2.45, 2.75) is 13.3 Å². The van der Waals surface area contributed by atoms with Crippen molar-refractivity contribution in [2.75, 3.05) is 19.7 Å². The lowest BCUT2D eigenvalue weighted by Gasteiger charge is -2.24. The molecule has 1 atom stereocenters. The molecule has 0 aromatic rings. The average molecular weight is 141 g/mol. The molecule has 0 spiro atoms. The number of rotatable bonds is 1. The Morgan fingerprint density at radius 2 is 2.60 bits per heavy atom. The van der Waals surface area contributed by atoms with Gasteiger partial charge in [0.1, 0.15) is 0 Å². The molecule has 1 aliphatic rings. The molecular formula is C8H15NO. The second-order valence-electron chi connectivity index (χ2n) is 2.71. The molecule has 1 saturated heterocycles. The van der Waals surface area contributed by atoms with E-state index in [-0.39, 0.29) is 0 Å². The topological polar surface area (TPSA) is 32.3 Å². The molecule has 2 N–H and O–H groups in total. The molecule has 0 amide bonds. The molecule has 0 saturated carbocycles. The highest BCUT2D eigenvalue weighted by atomic mass is 16.3. The van der Waals surface area contributed by atoms with Crippen molar-refractivity contribution in [1.82, 2.24) is 5.32 Å². The van der Waals surface area contributed by atoms with Crippen LogP contribution in [-0.2, 0) is 0 Å². The van der Waals surface area contributed by atoms with Crippen molar-refractivity contribution < 1.29 is 5.11 Å².